The van der Waals surface area contributed by atoms with Crippen molar-refractivity contribution >= 4 is 34.6 Å². The van der Waals surface area contributed by atoms with Gasteiger partial charge in [-0.25, -0.2) is 0 Å². The summed E-state index contributed by atoms with van der Waals surface area (Å²) in [5.41, 5.74) is 3.66. The van der Waals surface area contributed by atoms with Crippen molar-refractivity contribution in [2.75, 3.05) is 31.5 Å². The van der Waals surface area contributed by atoms with Crippen LogP contribution in [0, 0.1) is 0 Å². The second kappa shape index (κ2) is 8.65. The standard InChI is InChI=1S/C20H24ClN3S/c1-2-16-6-8-19(9-7-16)22-20(25)24-12-10-23(11-13-24)15-17-4-3-5-18(21)14-17/h3-9,14H,2,10-13,15H2,1H3,(H,22,25). The van der Waals surface area contributed by atoms with E-state index < -0.39 is 0 Å². The molecule has 0 aliphatic carbocycles. The molecule has 0 unspecified atom stereocenters. The fourth-order valence-electron chi connectivity index (χ4n) is 3.03. The summed E-state index contributed by atoms with van der Waals surface area (Å²) in [4.78, 5) is 4.69. The first-order chi connectivity index (χ1) is 12.1. The largest absolute Gasteiger partial charge is 0.346 e. The monoisotopic (exact) mass is 373 g/mol. The molecule has 5 heteroatoms. The Kier molecular flexibility index (Phi) is 6.29. The first-order valence-corrected chi connectivity index (χ1v) is 9.54. The molecule has 1 aliphatic heterocycles. The third-order valence-corrected chi connectivity index (χ3v) is 5.16. The van der Waals surface area contributed by atoms with Gasteiger partial charge in [-0.1, -0.05) is 42.8 Å². The van der Waals surface area contributed by atoms with E-state index in [1.165, 1.54) is 11.1 Å². The van der Waals surface area contributed by atoms with E-state index in [9.17, 15) is 0 Å². The molecule has 1 fully saturated rings. The van der Waals surface area contributed by atoms with E-state index in [2.05, 4.69) is 52.4 Å². The van der Waals surface area contributed by atoms with Crippen molar-refractivity contribution in [2.45, 2.75) is 19.9 Å². The fraction of sp³-hybridized carbons (Fsp3) is 0.350. The van der Waals surface area contributed by atoms with Gasteiger partial charge in [0.15, 0.2) is 5.11 Å². The molecule has 1 saturated heterocycles. The first kappa shape index (κ1) is 18.2. The van der Waals surface area contributed by atoms with E-state index in [-0.39, 0.29) is 0 Å². The third kappa shape index (κ3) is 5.18. The second-order valence-electron chi connectivity index (χ2n) is 6.37. The van der Waals surface area contributed by atoms with Crippen LogP contribution in [-0.4, -0.2) is 41.1 Å². The third-order valence-electron chi connectivity index (χ3n) is 4.57. The van der Waals surface area contributed by atoms with Gasteiger partial charge in [0, 0.05) is 43.4 Å². The highest BCUT2D eigenvalue weighted by molar-refractivity contribution is 7.80. The van der Waals surface area contributed by atoms with Crippen molar-refractivity contribution in [3.8, 4) is 0 Å². The molecule has 3 rings (SSSR count). The van der Waals surface area contributed by atoms with Crippen molar-refractivity contribution in [1.29, 1.82) is 0 Å². The number of nitrogens with one attached hydrogen (secondary N) is 1. The minimum Gasteiger partial charge on any atom is -0.346 e. The Morgan fingerprint density at radius 3 is 2.40 bits per heavy atom. The Hall–Kier alpha value is -1.62. The molecule has 2 aromatic carbocycles. The molecule has 0 atom stereocenters. The number of rotatable bonds is 4. The van der Waals surface area contributed by atoms with E-state index in [0.717, 1.165) is 55.0 Å². The molecule has 0 amide bonds. The Morgan fingerprint density at radius 2 is 1.76 bits per heavy atom. The van der Waals surface area contributed by atoms with E-state index >= 15 is 0 Å². The average molecular weight is 374 g/mol. The van der Waals surface area contributed by atoms with Crippen LogP contribution >= 0.6 is 23.8 Å². The summed E-state index contributed by atoms with van der Waals surface area (Å²) in [7, 11) is 0. The molecular formula is C20H24ClN3S. The average Bonchev–Trinajstić information content (AvgIpc) is 2.63. The molecule has 25 heavy (non-hydrogen) atoms. The lowest BCUT2D eigenvalue weighted by Gasteiger charge is -2.36. The zero-order valence-electron chi connectivity index (χ0n) is 14.5. The number of hydrogen-bond donors (Lipinski definition) is 1. The molecule has 0 aromatic heterocycles. The van der Waals surface area contributed by atoms with E-state index in [4.69, 9.17) is 23.8 Å². The number of halogens is 1. The van der Waals surface area contributed by atoms with Crippen LogP contribution in [0.5, 0.6) is 0 Å². The molecule has 0 radical (unpaired) electrons. The Labute approximate surface area is 160 Å². The van der Waals surface area contributed by atoms with Gasteiger partial charge in [0.2, 0.25) is 0 Å². The zero-order chi connectivity index (χ0) is 17.6. The van der Waals surface area contributed by atoms with Gasteiger partial charge in [-0.05, 0) is 54.0 Å². The van der Waals surface area contributed by atoms with Crippen molar-refractivity contribution < 1.29 is 0 Å². The van der Waals surface area contributed by atoms with E-state index in [1.54, 1.807) is 0 Å². The highest BCUT2D eigenvalue weighted by Gasteiger charge is 2.19. The van der Waals surface area contributed by atoms with Crippen molar-refractivity contribution in [3.63, 3.8) is 0 Å². The van der Waals surface area contributed by atoms with Gasteiger partial charge in [0.25, 0.3) is 0 Å². The van der Waals surface area contributed by atoms with Gasteiger partial charge in [-0.2, -0.15) is 0 Å². The lowest BCUT2D eigenvalue weighted by molar-refractivity contribution is 0.177. The number of nitrogens with zero attached hydrogens (tertiary/aromatic N) is 2. The number of hydrogen-bond acceptors (Lipinski definition) is 2. The first-order valence-electron chi connectivity index (χ1n) is 8.75. The summed E-state index contributed by atoms with van der Waals surface area (Å²) in [5.74, 6) is 0. The predicted molar refractivity (Wildman–Crippen MR) is 110 cm³/mol. The summed E-state index contributed by atoms with van der Waals surface area (Å²) >= 11 is 11.7. The lowest BCUT2D eigenvalue weighted by atomic mass is 10.1. The van der Waals surface area contributed by atoms with Crippen LogP contribution in [0.1, 0.15) is 18.1 Å². The molecule has 0 spiro atoms. The normalized spacial score (nSPS) is 15.2. The summed E-state index contributed by atoms with van der Waals surface area (Å²) in [6, 6.07) is 16.6. The van der Waals surface area contributed by atoms with Crippen LogP contribution in [0.15, 0.2) is 48.5 Å². The molecular weight excluding hydrogens is 350 g/mol. The molecule has 1 heterocycles. The number of thiocarbonyl (C=S) groups is 1. The molecule has 0 saturated carbocycles. The number of aryl methyl sites for hydroxylation is 1. The van der Waals surface area contributed by atoms with Crippen LogP contribution in [0.25, 0.3) is 0 Å². The maximum absolute atomic E-state index is 6.07. The van der Waals surface area contributed by atoms with E-state index in [1.807, 2.05) is 18.2 Å². The van der Waals surface area contributed by atoms with Crippen LogP contribution in [0.3, 0.4) is 0 Å². The zero-order valence-corrected chi connectivity index (χ0v) is 16.1. The maximum Gasteiger partial charge on any atom is 0.173 e. The summed E-state index contributed by atoms with van der Waals surface area (Å²) < 4.78 is 0. The lowest BCUT2D eigenvalue weighted by Crippen LogP contribution is -2.49. The molecule has 1 N–H and O–H groups in total. The van der Waals surface area contributed by atoms with Gasteiger partial charge in [0.1, 0.15) is 0 Å². The number of anilines is 1. The maximum atomic E-state index is 6.07. The summed E-state index contributed by atoms with van der Waals surface area (Å²) in [6.45, 7) is 6.99. The van der Waals surface area contributed by atoms with Crippen molar-refractivity contribution in [2.24, 2.45) is 0 Å². The molecule has 1 aliphatic rings. The predicted octanol–water partition coefficient (Wildman–Crippen LogP) is 4.42. The smallest absolute Gasteiger partial charge is 0.173 e. The summed E-state index contributed by atoms with van der Waals surface area (Å²) in [5, 5.41) is 4.97. The molecule has 3 nitrogen and oxygen atoms in total. The Morgan fingerprint density at radius 1 is 1.04 bits per heavy atom. The van der Waals surface area contributed by atoms with Crippen LogP contribution in [-0.2, 0) is 13.0 Å². The Bertz CT molecular complexity index is 709. The number of piperazine rings is 1. The van der Waals surface area contributed by atoms with Gasteiger partial charge >= 0.3 is 0 Å². The van der Waals surface area contributed by atoms with Crippen LogP contribution in [0.2, 0.25) is 5.02 Å². The van der Waals surface area contributed by atoms with Crippen molar-refractivity contribution in [3.05, 3.63) is 64.7 Å². The molecule has 132 valence electrons. The van der Waals surface area contributed by atoms with Crippen LogP contribution in [0.4, 0.5) is 5.69 Å². The van der Waals surface area contributed by atoms with Crippen LogP contribution < -0.4 is 5.32 Å². The minimum atomic E-state index is 0.801. The SMILES string of the molecule is CCc1ccc(NC(=S)N2CCN(Cc3cccc(Cl)c3)CC2)cc1. The van der Waals surface area contributed by atoms with Gasteiger partial charge in [-0.3, -0.25) is 4.90 Å². The summed E-state index contributed by atoms with van der Waals surface area (Å²) in [6.07, 6.45) is 1.05. The van der Waals surface area contributed by atoms with Gasteiger partial charge in [0.05, 0.1) is 0 Å². The quantitative estimate of drug-likeness (QED) is 0.799. The molecule has 0 bridgehead atoms. The second-order valence-corrected chi connectivity index (χ2v) is 7.20. The topological polar surface area (TPSA) is 18.5 Å². The van der Waals surface area contributed by atoms with Gasteiger partial charge in [-0.15, -0.1) is 0 Å². The van der Waals surface area contributed by atoms with Crippen molar-refractivity contribution in [1.82, 2.24) is 9.80 Å². The highest BCUT2D eigenvalue weighted by Crippen LogP contribution is 2.15. The minimum absolute atomic E-state index is 0.801. The fourth-order valence-corrected chi connectivity index (χ4v) is 3.54. The Balaban J connectivity index is 1.48. The van der Waals surface area contributed by atoms with E-state index in [0.29, 0.717) is 0 Å². The number of benzene rings is 2. The van der Waals surface area contributed by atoms with Gasteiger partial charge < -0.3 is 10.2 Å². The highest BCUT2D eigenvalue weighted by atomic mass is 35.5. The molecule has 2 aromatic rings.